The molecular formula is C20H23N3O2. The molecule has 1 aliphatic carbocycles. The Morgan fingerprint density at radius 3 is 2.68 bits per heavy atom. The van der Waals surface area contributed by atoms with Gasteiger partial charge in [-0.25, -0.2) is 0 Å². The first-order valence-corrected chi connectivity index (χ1v) is 8.81. The molecule has 5 heteroatoms. The fraction of sp³-hybridized carbons (Fsp3) is 0.400. The van der Waals surface area contributed by atoms with Gasteiger partial charge in [0.2, 0.25) is 0 Å². The maximum Gasteiger partial charge on any atom is 0.270 e. The van der Waals surface area contributed by atoms with Crippen LogP contribution in [0.15, 0.2) is 48.7 Å². The van der Waals surface area contributed by atoms with Gasteiger partial charge in [0.25, 0.3) is 5.91 Å². The van der Waals surface area contributed by atoms with Crippen molar-refractivity contribution >= 4 is 5.91 Å². The van der Waals surface area contributed by atoms with Gasteiger partial charge in [-0.2, -0.15) is 0 Å². The Balaban J connectivity index is 1.71. The van der Waals surface area contributed by atoms with E-state index in [-0.39, 0.29) is 23.5 Å². The minimum Gasteiger partial charge on any atom is -0.378 e. The highest BCUT2D eigenvalue weighted by Gasteiger charge is 2.53. The zero-order valence-corrected chi connectivity index (χ0v) is 14.4. The topological polar surface area (TPSA) is 63.2 Å². The van der Waals surface area contributed by atoms with E-state index in [9.17, 15) is 4.79 Å². The molecule has 2 N–H and O–H groups in total. The van der Waals surface area contributed by atoms with Crippen molar-refractivity contribution in [3.8, 4) is 0 Å². The van der Waals surface area contributed by atoms with Crippen molar-refractivity contribution in [3.63, 3.8) is 0 Å². The first kappa shape index (κ1) is 16.2. The van der Waals surface area contributed by atoms with E-state index in [1.165, 1.54) is 11.1 Å². The molecule has 0 unspecified atom stereocenters. The second kappa shape index (κ2) is 6.58. The molecule has 1 amide bonds. The number of carbonyl (C=O) groups is 1. The van der Waals surface area contributed by atoms with Crippen LogP contribution in [0.5, 0.6) is 0 Å². The molecule has 1 saturated heterocycles. The average Bonchev–Trinajstić information content (AvgIpc) is 2.92. The lowest BCUT2D eigenvalue weighted by Gasteiger charge is -2.40. The molecule has 25 heavy (non-hydrogen) atoms. The number of ether oxygens (including phenoxy) is 1. The molecule has 2 atom stereocenters. The molecule has 130 valence electrons. The van der Waals surface area contributed by atoms with Crippen molar-refractivity contribution in [2.75, 3.05) is 20.2 Å². The van der Waals surface area contributed by atoms with Crippen molar-refractivity contribution in [2.24, 2.45) is 0 Å². The Labute approximate surface area is 147 Å². The zero-order valence-electron chi connectivity index (χ0n) is 14.4. The second-order valence-corrected chi connectivity index (χ2v) is 6.82. The number of nitrogens with zero attached hydrogens (tertiary/aromatic N) is 1. The van der Waals surface area contributed by atoms with Gasteiger partial charge in [0, 0.05) is 18.7 Å². The van der Waals surface area contributed by atoms with Crippen LogP contribution in [0.1, 0.15) is 40.5 Å². The standard InChI is InChI=1S/C20H23N3O2/c1-25-18-17(23-19(24)16-8-4-5-11-22-16)14-6-2-3-7-15(14)20(18)9-12-21-13-10-20/h2-8,11,17-18,21H,9-10,12-13H2,1H3,(H,23,24)/t17-,18+/m0/s1. The molecule has 0 saturated carbocycles. The number of benzene rings is 1. The second-order valence-electron chi connectivity index (χ2n) is 6.82. The summed E-state index contributed by atoms with van der Waals surface area (Å²) in [4.78, 5) is 16.9. The Hall–Kier alpha value is -2.24. The quantitative estimate of drug-likeness (QED) is 0.901. The molecule has 4 rings (SSSR count). The first-order chi connectivity index (χ1) is 12.3. The number of aromatic nitrogens is 1. The number of hydrogen-bond donors (Lipinski definition) is 2. The number of piperidine rings is 1. The maximum atomic E-state index is 12.7. The number of nitrogens with one attached hydrogen (secondary N) is 2. The van der Waals surface area contributed by atoms with Gasteiger partial charge in [0.15, 0.2) is 0 Å². The molecule has 0 radical (unpaired) electrons. The largest absolute Gasteiger partial charge is 0.378 e. The van der Waals surface area contributed by atoms with Gasteiger partial charge in [0.1, 0.15) is 5.69 Å². The Kier molecular flexibility index (Phi) is 4.27. The summed E-state index contributed by atoms with van der Waals surface area (Å²) in [5.74, 6) is -0.159. The van der Waals surface area contributed by atoms with Crippen LogP contribution >= 0.6 is 0 Å². The number of fused-ring (bicyclic) bond motifs is 2. The summed E-state index contributed by atoms with van der Waals surface area (Å²) < 4.78 is 5.97. The fourth-order valence-electron chi connectivity index (χ4n) is 4.51. The molecule has 0 bridgehead atoms. The number of amides is 1. The van der Waals surface area contributed by atoms with E-state index in [0.29, 0.717) is 5.69 Å². The van der Waals surface area contributed by atoms with Crippen LogP contribution in [0.2, 0.25) is 0 Å². The van der Waals surface area contributed by atoms with Gasteiger partial charge in [-0.15, -0.1) is 0 Å². The van der Waals surface area contributed by atoms with E-state index in [0.717, 1.165) is 25.9 Å². The van der Waals surface area contributed by atoms with Gasteiger partial charge in [0.05, 0.1) is 12.1 Å². The summed E-state index contributed by atoms with van der Waals surface area (Å²) in [7, 11) is 1.75. The molecule has 1 aromatic heterocycles. The number of hydrogen-bond acceptors (Lipinski definition) is 4. The maximum absolute atomic E-state index is 12.7. The number of pyridine rings is 1. The summed E-state index contributed by atoms with van der Waals surface area (Å²) in [6.07, 6.45) is 3.59. The van der Waals surface area contributed by atoms with Crippen molar-refractivity contribution < 1.29 is 9.53 Å². The van der Waals surface area contributed by atoms with Crippen LogP contribution in [0.3, 0.4) is 0 Å². The van der Waals surface area contributed by atoms with Crippen molar-refractivity contribution in [3.05, 3.63) is 65.5 Å². The van der Waals surface area contributed by atoms with E-state index in [1.54, 1.807) is 19.4 Å². The number of rotatable bonds is 3. The lowest BCUT2D eigenvalue weighted by Crippen LogP contribution is -2.49. The van der Waals surface area contributed by atoms with Gasteiger partial charge >= 0.3 is 0 Å². The van der Waals surface area contributed by atoms with Crippen LogP contribution in [-0.2, 0) is 10.2 Å². The summed E-state index contributed by atoms with van der Waals surface area (Å²) in [6, 6.07) is 13.6. The van der Waals surface area contributed by atoms with Gasteiger partial charge in [-0.05, 0) is 49.2 Å². The van der Waals surface area contributed by atoms with Crippen LogP contribution in [-0.4, -0.2) is 37.2 Å². The number of methoxy groups -OCH3 is 1. The van der Waals surface area contributed by atoms with Crippen LogP contribution < -0.4 is 10.6 Å². The highest BCUT2D eigenvalue weighted by Crippen LogP contribution is 2.51. The molecule has 1 fully saturated rings. The minimum atomic E-state index is -0.159. The van der Waals surface area contributed by atoms with E-state index in [1.807, 2.05) is 18.2 Å². The van der Waals surface area contributed by atoms with Crippen molar-refractivity contribution in [1.29, 1.82) is 0 Å². The molecule has 2 heterocycles. The first-order valence-electron chi connectivity index (χ1n) is 8.81. The third-order valence-electron chi connectivity index (χ3n) is 5.61. The molecular weight excluding hydrogens is 314 g/mol. The minimum absolute atomic E-state index is 0.0430. The summed E-state index contributed by atoms with van der Waals surface area (Å²) in [5, 5.41) is 6.62. The molecule has 1 aliphatic heterocycles. The monoisotopic (exact) mass is 337 g/mol. The Morgan fingerprint density at radius 1 is 1.20 bits per heavy atom. The molecule has 5 nitrogen and oxygen atoms in total. The van der Waals surface area contributed by atoms with Gasteiger partial charge < -0.3 is 15.4 Å². The summed E-state index contributed by atoms with van der Waals surface area (Å²) in [5.41, 5.74) is 2.87. The number of carbonyl (C=O) groups excluding carboxylic acids is 1. The molecule has 2 aromatic rings. The van der Waals surface area contributed by atoms with E-state index in [4.69, 9.17) is 4.74 Å². The van der Waals surface area contributed by atoms with Crippen LogP contribution in [0.25, 0.3) is 0 Å². The summed E-state index contributed by atoms with van der Waals surface area (Å²) >= 11 is 0. The highest BCUT2D eigenvalue weighted by atomic mass is 16.5. The summed E-state index contributed by atoms with van der Waals surface area (Å²) in [6.45, 7) is 1.93. The van der Waals surface area contributed by atoms with E-state index >= 15 is 0 Å². The third kappa shape index (κ3) is 2.64. The normalized spacial score (nSPS) is 24.0. The Morgan fingerprint density at radius 2 is 1.96 bits per heavy atom. The smallest absolute Gasteiger partial charge is 0.270 e. The highest BCUT2D eigenvalue weighted by molar-refractivity contribution is 5.92. The van der Waals surface area contributed by atoms with Gasteiger partial charge in [-0.3, -0.25) is 9.78 Å². The fourth-order valence-corrected chi connectivity index (χ4v) is 4.51. The predicted octanol–water partition coefficient (Wildman–Crippen LogP) is 2.20. The third-order valence-corrected chi connectivity index (χ3v) is 5.61. The Bertz CT molecular complexity index is 757. The van der Waals surface area contributed by atoms with Crippen LogP contribution in [0, 0.1) is 0 Å². The van der Waals surface area contributed by atoms with Gasteiger partial charge in [-0.1, -0.05) is 30.3 Å². The molecule has 1 spiro atoms. The predicted molar refractivity (Wildman–Crippen MR) is 95.5 cm³/mol. The van der Waals surface area contributed by atoms with Crippen molar-refractivity contribution in [1.82, 2.24) is 15.6 Å². The zero-order chi connectivity index (χ0) is 17.3. The lowest BCUT2D eigenvalue weighted by molar-refractivity contribution is 0.00392. The lowest BCUT2D eigenvalue weighted by atomic mass is 9.72. The van der Waals surface area contributed by atoms with Crippen LogP contribution in [0.4, 0.5) is 0 Å². The van der Waals surface area contributed by atoms with E-state index < -0.39 is 0 Å². The van der Waals surface area contributed by atoms with E-state index in [2.05, 4.69) is 33.8 Å². The molecule has 1 aromatic carbocycles. The SMILES string of the molecule is CO[C@@H]1[C@@H](NC(=O)c2ccccn2)c2ccccc2C12CCNCC2. The van der Waals surface area contributed by atoms with Crippen molar-refractivity contribution in [2.45, 2.75) is 30.4 Å². The molecule has 2 aliphatic rings. The average molecular weight is 337 g/mol.